The van der Waals surface area contributed by atoms with Gasteiger partial charge >= 0.3 is 0 Å². The highest BCUT2D eigenvalue weighted by atomic mass is 79.9. The van der Waals surface area contributed by atoms with E-state index < -0.39 is 0 Å². The SMILES string of the molecule is O=C(Nc1ccc(CC(=O)N(Cc2ccccc2)C2CC2)cc1)c1ccc(Br)o1. The smallest absolute Gasteiger partial charge is 0.291 e. The Morgan fingerprint density at radius 1 is 0.966 bits per heavy atom. The molecular formula is C23H21BrN2O3. The topological polar surface area (TPSA) is 62.6 Å². The van der Waals surface area contributed by atoms with Gasteiger partial charge in [-0.3, -0.25) is 9.59 Å². The third-order valence-corrected chi connectivity index (χ3v) is 5.29. The van der Waals surface area contributed by atoms with Crippen LogP contribution in [0.4, 0.5) is 5.69 Å². The molecule has 0 aliphatic heterocycles. The van der Waals surface area contributed by atoms with Crippen molar-refractivity contribution >= 4 is 33.4 Å². The van der Waals surface area contributed by atoms with E-state index in [1.54, 1.807) is 24.3 Å². The van der Waals surface area contributed by atoms with Crippen LogP contribution >= 0.6 is 15.9 Å². The molecule has 0 saturated heterocycles. The molecule has 1 aromatic heterocycles. The molecule has 2 aromatic carbocycles. The number of halogens is 1. The van der Waals surface area contributed by atoms with Crippen LogP contribution in [-0.4, -0.2) is 22.8 Å². The number of anilines is 1. The average Bonchev–Trinajstić information content (AvgIpc) is 3.48. The lowest BCUT2D eigenvalue weighted by Gasteiger charge is -2.23. The van der Waals surface area contributed by atoms with Gasteiger partial charge in [0.15, 0.2) is 10.4 Å². The van der Waals surface area contributed by atoms with Crippen molar-refractivity contribution in [3.63, 3.8) is 0 Å². The molecule has 29 heavy (non-hydrogen) atoms. The number of furan rings is 1. The van der Waals surface area contributed by atoms with Gasteiger partial charge in [0.25, 0.3) is 5.91 Å². The third kappa shape index (κ3) is 5.15. The van der Waals surface area contributed by atoms with Crippen molar-refractivity contribution in [2.24, 2.45) is 0 Å². The lowest BCUT2D eigenvalue weighted by Crippen LogP contribution is -2.33. The van der Waals surface area contributed by atoms with Gasteiger partial charge in [-0.1, -0.05) is 42.5 Å². The summed E-state index contributed by atoms with van der Waals surface area (Å²) < 4.78 is 5.76. The molecule has 0 bridgehead atoms. The fraction of sp³-hybridized carbons (Fsp3) is 0.217. The largest absolute Gasteiger partial charge is 0.444 e. The molecule has 6 heteroatoms. The number of hydrogen-bond acceptors (Lipinski definition) is 3. The second kappa shape index (κ2) is 8.66. The predicted octanol–water partition coefficient (Wildman–Crippen LogP) is 5.03. The molecule has 0 atom stereocenters. The van der Waals surface area contributed by atoms with E-state index in [0.717, 1.165) is 24.0 Å². The highest BCUT2D eigenvalue weighted by Crippen LogP contribution is 2.29. The van der Waals surface area contributed by atoms with Crippen LogP contribution < -0.4 is 5.32 Å². The molecule has 1 heterocycles. The average molecular weight is 453 g/mol. The number of hydrogen-bond donors (Lipinski definition) is 1. The van der Waals surface area contributed by atoms with Gasteiger partial charge in [0.05, 0.1) is 6.42 Å². The Bertz CT molecular complexity index is 994. The highest BCUT2D eigenvalue weighted by Gasteiger charge is 2.32. The molecule has 1 aliphatic carbocycles. The summed E-state index contributed by atoms with van der Waals surface area (Å²) in [4.78, 5) is 27.0. The van der Waals surface area contributed by atoms with Crippen molar-refractivity contribution in [3.8, 4) is 0 Å². The van der Waals surface area contributed by atoms with Crippen LogP contribution in [0.1, 0.15) is 34.5 Å². The lowest BCUT2D eigenvalue weighted by atomic mass is 10.1. The van der Waals surface area contributed by atoms with Gasteiger partial charge in [-0.15, -0.1) is 0 Å². The minimum atomic E-state index is -0.317. The first-order valence-corrected chi connectivity index (χ1v) is 10.4. The van der Waals surface area contributed by atoms with E-state index in [9.17, 15) is 9.59 Å². The van der Waals surface area contributed by atoms with Gasteiger partial charge in [0.1, 0.15) is 0 Å². The van der Waals surface area contributed by atoms with Crippen LogP contribution in [0.2, 0.25) is 0 Å². The maximum atomic E-state index is 12.9. The number of nitrogens with one attached hydrogen (secondary N) is 1. The second-order valence-corrected chi connectivity index (χ2v) is 7.95. The van der Waals surface area contributed by atoms with Crippen LogP contribution in [0.15, 0.2) is 75.8 Å². The van der Waals surface area contributed by atoms with E-state index in [0.29, 0.717) is 29.4 Å². The van der Waals surface area contributed by atoms with Crippen molar-refractivity contribution in [2.45, 2.75) is 31.8 Å². The molecule has 0 radical (unpaired) electrons. The Balaban J connectivity index is 1.37. The van der Waals surface area contributed by atoms with Gasteiger partial charge in [-0.2, -0.15) is 0 Å². The first-order valence-electron chi connectivity index (χ1n) is 9.57. The van der Waals surface area contributed by atoms with E-state index in [4.69, 9.17) is 4.42 Å². The molecular weight excluding hydrogens is 432 g/mol. The molecule has 1 saturated carbocycles. The molecule has 1 aliphatic rings. The van der Waals surface area contributed by atoms with Crippen LogP contribution in [0.5, 0.6) is 0 Å². The first-order chi connectivity index (χ1) is 14.1. The Morgan fingerprint density at radius 3 is 2.31 bits per heavy atom. The van der Waals surface area contributed by atoms with Gasteiger partial charge in [-0.25, -0.2) is 0 Å². The highest BCUT2D eigenvalue weighted by molar-refractivity contribution is 9.10. The predicted molar refractivity (Wildman–Crippen MR) is 115 cm³/mol. The Hall–Kier alpha value is -2.86. The molecule has 0 unspecified atom stereocenters. The maximum Gasteiger partial charge on any atom is 0.291 e. The number of nitrogens with zero attached hydrogens (tertiary/aromatic N) is 1. The van der Waals surface area contributed by atoms with Crippen molar-refractivity contribution in [1.29, 1.82) is 0 Å². The quantitative estimate of drug-likeness (QED) is 0.546. The zero-order valence-electron chi connectivity index (χ0n) is 15.8. The number of amides is 2. The summed E-state index contributed by atoms with van der Waals surface area (Å²) in [5, 5.41) is 2.79. The summed E-state index contributed by atoms with van der Waals surface area (Å²) in [5.41, 5.74) is 2.73. The number of carbonyl (C=O) groups excluding carboxylic acids is 2. The summed E-state index contributed by atoms with van der Waals surface area (Å²) in [6, 6.07) is 21.1. The van der Waals surface area contributed by atoms with Crippen LogP contribution in [0.25, 0.3) is 0 Å². The van der Waals surface area contributed by atoms with Crippen LogP contribution in [0.3, 0.4) is 0 Å². The number of carbonyl (C=O) groups is 2. The van der Waals surface area contributed by atoms with Crippen molar-refractivity contribution < 1.29 is 14.0 Å². The Labute approximate surface area is 177 Å². The van der Waals surface area contributed by atoms with Crippen molar-refractivity contribution in [2.75, 3.05) is 5.32 Å². The summed E-state index contributed by atoms with van der Waals surface area (Å²) in [6.45, 7) is 0.650. The Kier molecular flexibility index (Phi) is 5.81. The molecule has 1 fully saturated rings. The zero-order chi connectivity index (χ0) is 20.2. The fourth-order valence-corrected chi connectivity index (χ4v) is 3.50. The standard InChI is InChI=1S/C23H21BrN2O3/c24-21-13-12-20(29-21)23(28)25-18-8-6-16(7-9-18)14-22(27)26(19-10-11-19)15-17-4-2-1-3-5-17/h1-9,12-13,19H,10-11,14-15H2,(H,25,28). The number of benzene rings is 2. The van der Waals surface area contributed by atoms with Gasteiger partial charge in [-0.05, 0) is 64.2 Å². The summed E-state index contributed by atoms with van der Waals surface area (Å²) >= 11 is 3.18. The zero-order valence-corrected chi connectivity index (χ0v) is 17.4. The normalized spacial score (nSPS) is 13.1. The monoisotopic (exact) mass is 452 g/mol. The summed E-state index contributed by atoms with van der Waals surface area (Å²) in [6.07, 6.45) is 2.50. The summed E-state index contributed by atoms with van der Waals surface area (Å²) in [7, 11) is 0. The van der Waals surface area contributed by atoms with Crippen molar-refractivity contribution in [3.05, 3.63) is 88.3 Å². The van der Waals surface area contributed by atoms with Gasteiger partial charge in [0, 0.05) is 18.3 Å². The van der Waals surface area contributed by atoms with Crippen molar-refractivity contribution in [1.82, 2.24) is 4.90 Å². The lowest BCUT2D eigenvalue weighted by molar-refractivity contribution is -0.131. The van der Waals surface area contributed by atoms with E-state index >= 15 is 0 Å². The minimum absolute atomic E-state index is 0.133. The van der Waals surface area contributed by atoms with E-state index in [2.05, 4.69) is 33.4 Å². The fourth-order valence-electron chi connectivity index (χ4n) is 3.20. The minimum Gasteiger partial charge on any atom is -0.444 e. The molecule has 0 spiro atoms. The molecule has 148 valence electrons. The second-order valence-electron chi connectivity index (χ2n) is 7.17. The van der Waals surface area contributed by atoms with E-state index in [1.807, 2.05) is 35.2 Å². The molecule has 2 amide bonds. The van der Waals surface area contributed by atoms with Gasteiger partial charge < -0.3 is 14.6 Å². The van der Waals surface area contributed by atoms with E-state index in [1.165, 1.54) is 0 Å². The van der Waals surface area contributed by atoms with Gasteiger partial charge in [0.2, 0.25) is 5.91 Å². The molecule has 3 aromatic rings. The maximum absolute atomic E-state index is 12.9. The Morgan fingerprint density at radius 2 is 1.69 bits per heavy atom. The van der Waals surface area contributed by atoms with E-state index in [-0.39, 0.29) is 17.6 Å². The molecule has 5 nitrogen and oxygen atoms in total. The number of rotatable bonds is 7. The molecule has 4 rings (SSSR count). The molecule has 1 N–H and O–H groups in total. The third-order valence-electron chi connectivity index (χ3n) is 4.87. The van der Waals surface area contributed by atoms with Crippen LogP contribution in [0, 0.1) is 0 Å². The van der Waals surface area contributed by atoms with Crippen LogP contribution in [-0.2, 0) is 17.8 Å². The first kappa shape index (κ1) is 19.5. The summed E-state index contributed by atoms with van der Waals surface area (Å²) in [5.74, 6) is 0.0491.